The largest absolute Gasteiger partial charge is 0.468 e. The molecule has 2 aromatic carbocycles. The standard InChI is InChI=1S/C19H21ClN2O3/c1-13-8-10-14(11-9-13)21-17(23)12-22(2)18(19(24)25-3)15-6-4-5-7-16(15)20/h4-11,18H,12H2,1-3H3,(H,21,23)/t18-/m1/s1. The number of likely N-dealkylation sites (N-methyl/N-ethyl adjacent to an activating group) is 1. The fraction of sp³-hybridized carbons (Fsp3) is 0.263. The molecule has 1 amide bonds. The molecule has 0 unspecified atom stereocenters. The summed E-state index contributed by atoms with van der Waals surface area (Å²) >= 11 is 6.21. The molecule has 0 aliphatic rings. The minimum atomic E-state index is -0.762. The predicted octanol–water partition coefficient (Wildman–Crippen LogP) is 3.43. The van der Waals surface area contributed by atoms with Crippen molar-refractivity contribution in [3.8, 4) is 0 Å². The summed E-state index contributed by atoms with van der Waals surface area (Å²) < 4.78 is 4.88. The van der Waals surface area contributed by atoms with Crippen LogP contribution in [0.3, 0.4) is 0 Å². The van der Waals surface area contributed by atoms with E-state index in [1.54, 1.807) is 36.2 Å². The van der Waals surface area contributed by atoms with Crippen molar-refractivity contribution in [2.45, 2.75) is 13.0 Å². The molecule has 1 atom stereocenters. The van der Waals surface area contributed by atoms with Gasteiger partial charge in [0.15, 0.2) is 0 Å². The summed E-state index contributed by atoms with van der Waals surface area (Å²) in [6, 6.07) is 13.8. The van der Waals surface area contributed by atoms with Gasteiger partial charge in [0, 0.05) is 10.7 Å². The SMILES string of the molecule is COC(=O)[C@@H](c1ccccc1Cl)N(C)CC(=O)Nc1ccc(C)cc1. The van der Waals surface area contributed by atoms with Crippen LogP contribution < -0.4 is 5.32 Å². The molecular weight excluding hydrogens is 340 g/mol. The molecule has 0 aromatic heterocycles. The second kappa shape index (κ2) is 8.65. The molecule has 2 rings (SSSR count). The molecule has 0 saturated heterocycles. The maximum absolute atomic E-state index is 12.3. The number of aryl methyl sites for hydroxylation is 1. The molecule has 2 aromatic rings. The first-order valence-electron chi connectivity index (χ1n) is 7.81. The number of rotatable bonds is 6. The summed E-state index contributed by atoms with van der Waals surface area (Å²) in [5, 5.41) is 3.26. The Labute approximate surface area is 152 Å². The van der Waals surface area contributed by atoms with Crippen molar-refractivity contribution in [2.75, 3.05) is 26.0 Å². The highest BCUT2D eigenvalue weighted by Crippen LogP contribution is 2.27. The van der Waals surface area contributed by atoms with Crippen molar-refractivity contribution in [3.63, 3.8) is 0 Å². The van der Waals surface area contributed by atoms with E-state index in [-0.39, 0.29) is 12.5 Å². The lowest BCUT2D eigenvalue weighted by Crippen LogP contribution is -2.37. The number of nitrogens with one attached hydrogen (secondary N) is 1. The van der Waals surface area contributed by atoms with Crippen LogP contribution in [0.4, 0.5) is 5.69 Å². The molecule has 5 nitrogen and oxygen atoms in total. The van der Waals surface area contributed by atoms with Crippen molar-refractivity contribution in [1.82, 2.24) is 4.90 Å². The summed E-state index contributed by atoms with van der Waals surface area (Å²) in [5.41, 5.74) is 2.41. The zero-order valence-corrected chi connectivity index (χ0v) is 15.2. The Morgan fingerprint density at radius 1 is 1.16 bits per heavy atom. The number of nitrogens with zero attached hydrogens (tertiary/aromatic N) is 1. The van der Waals surface area contributed by atoms with E-state index in [0.29, 0.717) is 16.3 Å². The Kier molecular flexibility index (Phi) is 6.56. The van der Waals surface area contributed by atoms with Gasteiger partial charge in [0.25, 0.3) is 0 Å². The van der Waals surface area contributed by atoms with Gasteiger partial charge in [0.1, 0.15) is 6.04 Å². The Morgan fingerprint density at radius 3 is 2.40 bits per heavy atom. The number of methoxy groups -OCH3 is 1. The molecule has 0 heterocycles. The fourth-order valence-corrected chi connectivity index (χ4v) is 2.75. The first-order chi connectivity index (χ1) is 11.9. The number of anilines is 1. The second-order valence-corrected chi connectivity index (χ2v) is 6.18. The molecule has 0 bridgehead atoms. The smallest absolute Gasteiger partial charge is 0.327 e. The van der Waals surface area contributed by atoms with E-state index < -0.39 is 12.0 Å². The van der Waals surface area contributed by atoms with E-state index in [4.69, 9.17) is 16.3 Å². The lowest BCUT2D eigenvalue weighted by atomic mass is 10.1. The third kappa shape index (κ3) is 5.05. The molecule has 0 spiro atoms. The van der Waals surface area contributed by atoms with Crippen LogP contribution in [0, 0.1) is 6.92 Å². The molecule has 0 radical (unpaired) electrons. The first-order valence-corrected chi connectivity index (χ1v) is 8.19. The summed E-state index contributed by atoms with van der Waals surface area (Å²) in [6.45, 7) is 1.99. The molecule has 0 aliphatic carbocycles. The van der Waals surface area contributed by atoms with Crippen molar-refractivity contribution in [2.24, 2.45) is 0 Å². The Morgan fingerprint density at radius 2 is 1.80 bits per heavy atom. The molecule has 1 N–H and O–H groups in total. The van der Waals surface area contributed by atoms with Gasteiger partial charge in [-0.25, -0.2) is 4.79 Å². The van der Waals surface area contributed by atoms with E-state index in [9.17, 15) is 9.59 Å². The number of ether oxygens (including phenoxy) is 1. The van der Waals surface area contributed by atoms with Gasteiger partial charge in [-0.05, 0) is 37.7 Å². The maximum atomic E-state index is 12.3. The fourth-order valence-electron chi connectivity index (χ4n) is 2.51. The monoisotopic (exact) mass is 360 g/mol. The highest BCUT2D eigenvalue weighted by molar-refractivity contribution is 6.31. The number of carbonyl (C=O) groups excluding carboxylic acids is 2. The molecule has 25 heavy (non-hydrogen) atoms. The highest BCUT2D eigenvalue weighted by atomic mass is 35.5. The Hall–Kier alpha value is -2.37. The first kappa shape index (κ1) is 19.0. The van der Waals surface area contributed by atoms with Gasteiger partial charge in [-0.2, -0.15) is 0 Å². The summed E-state index contributed by atoms with van der Waals surface area (Å²) in [7, 11) is 2.99. The topological polar surface area (TPSA) is 58.6 Å². The minimum absolute atomic E-state index is 0.0128. The molecule has 0 fully saturated rings. The third-order valence-corrected chi connectivity index (χ3v) is 4.14. The van der Waals surface area contributed by atoms with Crippen LogP contribution in [0.15, 0.2) is 48.5 Å². The van der Waals surface area contributed by atoms with E-state index in [1.807, 2.05) is 31.2 Å². The number of halogens is 1. The van der Waals surface area contributed by atoms with E-state index in [2.05, 4.69) is 5.32 Å². The molecular formula is C19H21ClN2O3. The Balaban J connectivity index is 2.12. The van der Waals surface area contributed by atoms with Gasteiger partial charge in [-0.15, -0.1) is 0 Å². The van der Waals surface area contributed by atoms with Crippen LogP contribution in [0.1, 0.15) is 17.2 Å². The normalized spacial score (nSPS) is 11.9. The van der Waals surface area contributed by atoms with Gasteiger partial charge in [0.2, 0.25) is 5.91 Å². The number of benzene rings is 2. The summed E-state index contributed by atoms with van der Waals surface area (Å²) in [4.78, 5) is 26.1. The number of carbonyl (C=O) groups is 2. The van der Waals surface area contributed by atoms with Crippen LogP contribution >= 0.6 is 11.6 Å². The van der Waals surface area contributed by atoms with Crippen molar-refractivity contribution >= 4 is 29.2 Å². The Bertz CT molecular complexity index is 747. The second-order valence-electron chi connectivity index (χ2n) is 5.78. The summed E-state index contributed by atoms with van der Waals surface area (Å²) in [5.74, 6) is -0.703. The highest BCUT2D eigenvalue weighted by Gasteiger charge is 2.29. The molecule has 132 valence electrons. The van der Waals surface area contributed by atoms with Crippen LogP contribution in [-0.4, -0.2) is 37.5 Å². The number of hydrogen-bond donors (Lipinski definition) is 1. The van der Waals surface area contributed by atoms with Gasteiger partial charge in [0.05, 0.1) is 13.7 Å². The van der Waals surface area contributed by atoms with Gasteiger partial charge < -0.3 is 10.1 Å². The van der Waals surface area contributed by atoms with E-state index in [0.717, 1.165) is 5.56 Å². The van der Waals surface area contributed by atoms with E-state index in [1.165, 1.54) is 7.11 Å². The lowest BCUT2D eigenvalue weighted by Gasteiger charge is -2.26. The maximum Gasteiger partial charge on any atom is 0.327 e. The quantitative estimate of drug-likeness (QED) is 0.802. The van der Waals surface area contributed by atoms with Crippen molar-refractivity contribution in [1.29, 1.82) is 0 Å². The molecule has 6 heteroatoms. The summed E-state index contributed by atoms with van der Waals surface area (Å²) in [6.07, 6.45) is 0. The number of amides is 1. The van der Waals surface area contributed by atoms with Crippen molar-refractivity contribution < 1.29 is 14.3 Å². The van der Waals surface area contributed by atoms with E-state index >= 15 is 0 Å². The zero-order valence-electron chi connectivity index (χ0n) is 14.5. The molecule has 0 aliphatic heterocycles. The zero-order chi connectivity index (χ0) is 18.4. The third-order valence-electron chi connectivity index (χ3n) is 3.79. The molecule has 0 saturated carbocycles. The van der Waals surface area contributed by atoms with Gasteiger partial charge >= 0.3 is 5.97 Å². The van der Waals surface area contributed by atoms with Crippen LogP contribution in [0.2, 0.25) is 5.02 Å². The number of hydrogen-bond acceptors (Lipinski definition) is 4. The minimum Gasteiger partial charge on any atom is -0.468 e. The van der Waals surface area contributed by atoms with Crippen molar-refractivity contribution in [3.05, 3.63) is 64.7 Å². The van der Waals surface area contributed by atoms with Crippen LogP contribution in [0.5, 0.6) is 0 Å². The van der Waals surface area contributed by atoms with Crippen LogP contribution in [-0.2, 0) is 14.3 Å². The van der Waals surface area contributed by atoms with Crippen LogP contribution in [0.25, 0.3) is 0 Å². The predicted molar refractivity (Wildman–Crippen MR) is 98.6 cm³/mol. The van der Waals surface area contributed by atoms with Gasteiger partial charge in [-0.3, -0.25) is 9.69 Å². The lowest BCUT2D eigenvalue weighted by molar-refractivity contribution is -0.147. The average Bonchev–Trinajstić information content (AvgIpc) is 2.58. The average molecular weight is 361 g/mol. The van der Waals surface area contributed by atoms with Gasteiger partial charge in [-0.1, -0.05) is 47.5 Å². The number of esters is 1.